The minimum absolute atomic E-state index is 0.533. The molecule has 0 spiro atoms. The molecule has 7 heteroatoms. The van der Waals surface area contributed by atoms with E-state index in [4.69, 9.17) is 28.2 Å². The van der Waals surface area contributed by atoms with E-state index in [1.807, 2.05) is 18.2 Å². The Balaban J connectivity index is 1.86. The van der Waals surface area contributed by atoms with Crippen LogP contribution in [-0.2, 0) is 6.54 Å². The molecule has 2 aromatic heterocycles. The Morgan fingerprint density at radius 1 is 1.25 bits per heavy atom. The third kappa shape index (κ3) is 2.88. The molecule has 1 aliphatic heterocycles. The lowest BCUT2D eigenvalue weighted by Crippen LogP contribution is -2.32. The minimum atomic E-state index is 0.533. The Bertz CT molecular complexity index is 850. The quantitative estimate of drug-likeness (QED) is 0.770. The number of hydrogen-bond acceptors (Lipinski definition) is 4. The van der Waals surface area contributed by atoms with E-state index in [9.17, 15) is 0 Å². The normalized spacial score (nSPS) is 18.2. The molecule has 0 saturated carbocycles. The summed E-state index contributed by atoms with van der Waals surface area (Å²) in [5.74, 6) is 1.29. The SMILES string of the molecule is Clc1cccc(Cl)c1-c1nc2cncnc2n1CC1CCCNC1. The van der Waals surface area contributed by atoms with Gasteiger partial charge in [-0.1, -0.05) is 29.3 Å². The summed E-state index contributed by atoms with van der Waals surface area (Å²) in [6, 6.07) is 5.51. The van der Waals surface area contributed by atoms with Crippen molar-refractivity contribution in [1.29, 1.82) is 0 Å². The molecule has 124 valence electrons. The van der Waals surface area contributed by atoms with E-state index in [2.05, 4.69) is 19.9 Å². The molecule has 4 rings (SSSR count). The third-order valence-corrected chi connectivity index (χ3v) is 5.07. The Morgan fingerprint density at radius 3 is 2.83 bits per heavy atom. The Kier molecular flexibility index (Phi) is 4.39. The lowest BCUT2D eigenvalue weighted by Gasteiger charge is -2.24. The molecule has 1 saturated heterocycles. The molecule has 24 heavy (non-hydrogen) atoms. The van der Waals surface area contributed by atoms with Crippen LogP contribution in [0.2, 0.25) is 10.0 Å². The van der Waals surface area contributed by atoms with E-state index in [0.717, 1.165) is 42.2 Å². The zero-order valence-corrected chi connectivity index (χ0v) is 14.6. The fourth-order valence-corrected chi connectivity index (χ4v) is 3.86. The second-order valence-corrected chi connectivity index (χ2v) is 6.90. The Morgan fingerprint density at radius 2 is 2.08 bits per heavy atom. The van der Waals surface area contributed by atoms with E-state index in [1.165, 1.54) is 12.8 Å². The standard InChI is InChI=1S/C17H17Cl2N5/c18-12-4-1-5-13(19)15(12)17-23-14-8-21-10-22-16(14)24(17)9-11-3-2-6-20-7-11/h1,4-5,8,10-11,20H,2-3,6-7,9H2. The predicted octanol–water partition coefficient (Wildman–Crippen LogP) is 3.80. The summed E-state index contributed by atoms with van der Waals surface area (Å²) < 4.78 is 2.13. The van der Waals surface area contributed by atoms with Gasteiger partial charge in [-0.15, -0.1) is 0 Å². The van der Waals surface area contributed by atoms with Crippen molar-refractivity contribution in [1.82, 2.24) is 24.8 Å². The van der Waals surface area contributed by atoms with E-state index in [-0.39, 0.29) is 0 Å². The third-order valence-electron chi connectivity index (χ3n) is 4.44. The maximum atomic E-state index is 6.42. The first kappa shape index (κ1) is 15.8. The van der Waals surface area contributed by atoms with Gasteiger partial charge in [0.1, 0.15) is 17.7 Å². The van der Waals surface area contributed by atoms with Crippen molar-refractivity contribution >= 4 is 34.4 Å². The highest BCUT2D eigenvalue weighted by Gasteiger charge is 2.22. The highest BCUT2D eigenvalue weighted by Crippen LogP contribution is 2.36. The molecule has 3 aromatic rings. The number of hydrogen-bond donors (Lipinski definition) is 1. The van der Waals surface area contributed by atoms with Gasteiger partial charge in [-0.3, -0.25) is 0 Å². The van der Waals surface area contributed by atoms with Gasteiger partial charge in [-0.05, 0) is 44.0 Å². The number of rotatable bonds is 3. The summed E-state index contributed by atoms with van der Waals surface area (Å²) >= 11 is 12.8. The molecule has 0 bridgehead atoms. The van der Waals surface area contributed by atoms with Gasteiger partial charge in [0.2, 0.25) is 0 Å². The Hall–Kier alpha value is -1.69. The van der Waals surface area contributed by atoms with Crippen molar-refractivity contribution in [3.8, 4) is 11.4 Å². The maximum absolute atomic E-state index is 6.42. The molecule has 1 atom stereocenters. The number of piperidine rings is 1. The highest BCUT2D eigenvalue weighted by molar-refractivity contribution is 6.39. The minimum Gasteiger partial charge on any atom is -0.316 e. The van der Waals surface area contributed by atoms with Crippen molar-refractivity contribution in [3.63, 3.8) is 0 Å². The van der Waals surface area contributed by atoms with Gasteiger partial charge < -0.3 is 9.88 Å². The summed E-state index contributed by atoms with van der Waals surface area (Å²) in [7, 11) is 0. The summed E-state index contributed by atoms with van der Waals surface area (Å²) in [5.41, 5.74) is 2.33. The second-order valence-electron chi connectivity index (χ2n) is 6.09. The zero-order valence-electron chi connectivity index (χ0n) is 13.0. The largest absolute Gasteiger partial charge is 0.316 e. The van der Waals surface area contributed by atoms with E-state index >= 15 is 0 Å². The summed E-state index contributed by atoms with van der Waals surface area (Å²) in [4.78, 5) is 13.2. The van der Waals surface area contributed by atoms with Crippen molar-refractivity contribution in [2.75, 3.05) is 13.1 Å². The number of nitrogens with zero attached hydrogens (tertiary/aromatic N) is 4. The summed E-state index contributed by atoms with van der Waals surface area (Å²) in [5, 5.41) is 4.64. The molecule has 0 radical (unpaired) electrons. The van der Waals surface area contributed by atoms with Crippen molar-refractivity contribution in [2.45, 2.75) is 19.4 Å². The summed E-state index contributed by atoms with van der Waals surface area (Å²) in [6.07, 6.45) is 5.66. The Labute approximate surface area is 150 Å². The molecule has 1 unspecified atom stereocenters. The van der Waals surface area contributed by atoms with Crippen LogP contribution in [0, 0.1) is 5.92 Å². The molecule has 1 aromatic carbocycles. The van der Waals surface area contributed by atoms with Gasteiger partial charge in [-0.2, -0.15) is 0 Å². The number of nitrogens with one attached hydrogen (secondary N) is 1. The van der Waals surface area contributed by atoms with Crippen LogP contribution < -0.4 is 5.32 Å². The van der Waals surface area contributed by atoms with Gasteiger partial charge in [0.25, 0.3) is 0 Å². The number of halogens is 2. The van der Waals surface area contributed by atoms with Crippen LogP contribution in [0.5, 0.6) is 0 Å². The monoisotopic (exact) mass is 361 g/mol. The van der Waals surface area contributed by atoms with Crippen molar-refractivity contribution in [2.24, 2.45) is 5.92 Å². The van der Waals surface area contributed by atoms with Gasteiger partial charge >= 0.3 is 0 Å². The number of imidazole rings is 1. The molecular weight excluding hydrogens is 345 g/mol. The number of benzene rings is 1. The molecular formula is C17H17Cl2N5. The average Bonchev–Trinajstić information content (AvgIpc) is 2.94. The second kappa shape index (κ2) is 6.67. The van der Waals surface area contributed by atoms with Gasteiger partial charge in [0.05, 0.1) is 21.8 Å². The van der Waals surface area contributed by atoms with Crippen LogP contribution in [0.15, 0.2) is 30.7 Å². The molecule has 1 fully saturated rings. The van der Waals surface area contributed by atoms with Crippen LogP contribution >= 0.6 is 23.2 Å². The van der Waals surface area contributed by atoms with Crippen LogP contribution in [0.3, 0.4) is 0 Å². The molecule has 0 amide bonds. The molecule has 1 N–H and O–H groups in total. The average molecular weight is 362 g/mol. The van der Waals surface area contributed by atoms with Gasteiger partial charge in [0, 0.05) is 6.54 Å². The van der Waals surface area contributed by atoms with Crippen molar-refractivity contribution in [3.05, 3.63) is 40.8 Å². The lowest BCUT2D eigenvalue weighted by atomic mass is 9.99. The maximum Gasteiger partial charge on any atom is 0.163 e. The lowest BCUT2D eigenvalue weighted by molar-refractivity contribution is 0.341. The van der Waals surface area contributed by atoms with Crippen LogP contribution in [-0.4, -0.2) is 32.6 Å². The van der Waals surface area contributed by atoms with E-state index in [0.29, 0.717) is 16.0 Å². The van der Waals surface area contributed by atoms with Crippen LogP contribution in [0.4, 0.5) is 0 Å². The number of aromatic nitrogens is 4. The van der Waals surface area contributed by atoms with Crippen molar-refractivity contribution < 1.29 is 0 Å². The molecule has 0 aliphatic carbocycles. The topological polar surface area (TPSA) is 55.6 Å². The molecule has 1 aliphatic rings. The smallest absolute Gasteiger partial charge is 0.163 e. The van der Waals surface area contributed by atoms with E-state index in [1.54, 1.807) is 12.5 Å². The fourth-order valence-electron chi connectivity index (χ4n) is 3.29. The highest BCUT2D eigenvalue weighted by atomic mass is 35.5. The molecule has 5 nitrogen and oxygen atoms in total. The summed E-state index contributed by atoms with van der Waals surface area (Å²) in [6.45, 7) is 2.92. The van der Waals surface area contributed by atoms with Gasteiger partial charge in [-0.25, -0.2) is 15.0 Å². The first-order valence-corrected chi connectivity index (χ1v) is 8.81. The molecule has 3 heterocycles. The van der Waals surface area contributed by atoms with Crippen LogP contribution in [0.25, 0.3) is 22.6 Å². The van der Waals surface area contributed by atoms with E-state index < -0.39 is 0 Å². The van der Waals surface area contributed by atoms with Gasteiger partial charge in [0.15, 0.2) is 5.65 Å². The first-order chi connectivity index (χ1) is 11.7. The zero-order chi connectivity index (χ0) is 16.5. The van der Waals surface area contributed by atoms with Crippen LogP contribution in [0.1, 0.15) is 12.8 Å². The first-order valence-electron chi connectivity index (χ1n) is 8.05. The fraction of sp³-hybridized carbons (Fsp3) is 0.353. The number of fused-ring (bicyclic) bond motifs is 1. The predicted molar refractivity (Wildman–Crippen MR) is 96.4 cm³/mol.